The second-order valence-corrected chi connectivity index (χ2v) is 4.11. The molecule has 17 heavy (non-hydrogen) atoms. The lowest BCUT2D eigenvalue weighted by molar-refractivity contribution is 0.0958. The molecule has 0 spiro atoms. The maximum Gasteiger partial charge on any atom is 0.251 e. The van der Waals surface area contributed by atoms with E-state index in [-0.39, 0.29) is 5.91 Å². The molecule has 92 valence electrons. The normalized spacial score (nSPS) is 10.1. The van der Waals surface area contributed by atoms with Gasteiger partial charge in [-0.1, -0.05) is 19.9 Å². The van der Waals surface area contributed by atoms with Gasteiger partial charge in [0.25, 0.3) is 5.91 Å². The Hall–Kier alpha value is -1.77. The van der Waals surface area contributed by atoms with E-state index in [1.54, 1.807) is 19.3 Å². The van der Waals surface area contributed by atoms with Gasteiger partial charge in [-0.05, 0) is 29.7 Å². The first-order valence-corrected chi connectivity index (χ1v) is 5.67. The van der Waals surface area contributed by atoms with Gasteiger partial charge < -0.3 is 10.1 Å². The summed E-state index contributed by atoms with van der Waals surface area (Å²) in [4.78, 5) is 11.8. The van der Waals surface area contributed by atoms with E-state index in [1.165, 1.54) is 0 Å². The third-order valence-electron chi connectivity index (χ3n) is 2.52. The summed E-state index contributed by atoms with van der Waals surface area (Å²) in [5, 5.41) is 2.75. The molecule has 1 aromatic carbocycles. The molecule has 1 amide bonds. The van der Waals surface area contributed by atoms with Crippen molar-refractivity contribution in [2.24, 2.45) is 0 Å². The van der Waals surface area contributed by atoms with E-state index in [0.717, 1.165) is 11.3 Å². The molecule has 1 rings (SSSR count). The summed E-state index contributed by atoms with van der Waals surface area (Å²) in [6.07, 6.45) is 1.66. The molecular weight excluding hydrogens is 214 g/mol. The van der Waals surface area contributed by atoms with Gasteiger partial charge in [0.15, 0.2) is 0 Å². The van der Waals surface area contributed by atoms with Crippen LogP contribution in [-0.4, -0.2) is 19.6 Å². The highest BCUT2D eigenvalue weighted by molar-refractivity contribution is 5.94. The smallest absolute Gasteiger partial charge is 0.251 e. The molecule has 0 aliphatic rings. The molecular formula is C14H19NO2. The van der Waals surface area contributed by atoms with Gasteiger partial charge in [-0.2, -0.15) is 0 Å². The van der Waals surface area contributed by atoms with Crippen LogP contribution in [0, 0.1) is 0 Å². The number of hydrogen-bond donors (Lipinski definition) is 1. The Morgan fingerprint density at radius 2 is 2.24 bits per heavy atom. The highest BCUT2D eigenvalue weighted by atomic mass is 16.5. The zero-order valence-electron chi connectivity index (χ0n) is 10.6. The Kier molecular flexibility index (Phi) is 4.76. The third kappa shape index (κ3) is 3.34. The van der Waals surface area contributed by atoms with Gasteiger partial charge in [0, 0.05) is 12.1 Å². The largest absolute Gasteiger partial charge is 0.496 e. The second-order valence-electron chi connectivity index (χ2n) is 4.11. The average molecular weight is 233 g/mol. The molecule has 0 atom stereocenters. The quantitative estimate of drug-likeness (QED) is 0.794. The van der Waals surface area contributed by atoms with Crippen LogP contribution in [0.25, 0.3) is 0 Å². The van der Waals surface area contributed by atoms with E-state index in [1.807, 2.05) is 12.1 Å². The van der Waals surface area contributed by atoms with Crippen LogP contribution >= 0.6 is 0 Å². The fourth-order valence-electron chi connectivity index (χ4n) is 1.59. The third-order valence-corrected chi connectivity index (χ3v) is 2.52. The Morgan fingerprint density at radius 3 is 2.76 bits per heavy atom. The minimum atomic E-state index is -0.0885. The van der Waals surface area contributed by atoms with Crippen LogP contribution in [0.4, 0.5) is 0 Å². The minimum absolute atomic E-state index is 0.0885. The first-order valence-electron chi connectivity index (χ1n) is 5.67. The van der Waals surface area contributed by atoms with Crippen molar-refractivity contribution in [3.63, 3.8) is 0 Å². The average Bonchev–Trinajstić information content (AvgIpc) is 2.34. The van der Waals surface area contributed by atoms with Crippen LogP contribution in [-0.2, 0) is 0 Å². The summed E-state index contributed by atoms with van der Waals surface area (Å²) in [5.74, 6) is 1.05. The number of benzene rings is 1. The maximum atomic E-state index is 11.8. The molecule has 0 radical (unpaired) electrons. The van der Waals surface area contributed by atoms with E-state index in [2.05, 4.69) is 25.7 Å². The molecule has 3 nitrogen and oxygen atoms in total. The molecule has 0 saturated heterocycles. The summed E-state index contributed by atoms with van der Waals surface area (Å²) < 4.78 is 5.27. The van der Waals surface area contributed by atoms with Gasteiger partial charge in [-0.25, -0.2) is 0 Å². The first kappa shape index (κ1) is 13.3. The molecule has 0 bridgehead atoms. The van der Waals surface area contributed by atoms with Gasteiger partial charge in [0.2, 0.25) is 0 Å². The fraction of sp³-hybridized carbons (Fsp3) is 0.357. The molecule has 1 aromatic rings. The number of methoxy groups -OCH3 is 1. The van der Waals surface area contributed by atoms with Crippen molar-refractivity contribution in [3.05, 3.63) is 42.0 Å². The van der Waals surface area contributed by atoms with E-state index >= 15 is 0 Å². The summed E-state index contributed by atoms with van der Waals surface area (Å²) >= 11 is 0. The zero-order chi connectivity index (χ0) is 12.8. The van der Waals surface area contributed by atoms with E-state index in [0.29, 0.717) is 18.0 Å². The van der Waals surface area contributed by atoms with Crippen molar-refractivity contribution < 1.29 is 9.53 Å². The van der Waals surface area contributed by atoms with E-state index in [9.17, 15) is 4.79 Å². The van der Waals surface area contributed by atoms with Crippen LogP contribution < -0.4 is 10.1 Å². The predicted octanol–water partition coefficient (Wildman–Crippen LogP) is 2.73. The molecule has 1 N–H and O–H groups in total. The molecule has 0 unspecified atom stereocenters. The summed E-state index contributed by atoms with van der Waals surface area (Å²) in [6.45, 7) is 8.18. The van der Waals surface area contributed by atoms with Crippen molar-refractivity contribution in [3.8, 4) is 5.75 Å². The SMILES string of the molecule is C=CCNC(=O)c1ccc(OC)c(C(C)C)c1. The van der Waals surface area contributed by atoms with Crippen molar-refractivity contribution in [2.45, 2.75) is 19.8 Å². The second kappa shape index (κ2) is 6.09. The number of ether oxygens (including phenoxy) is 1. The predicted molar refractivity (Wildman–Crippen MR) is 69.6 cm³/mol. The Labute approximate surface area is 102 Å². The van der Waals surface area contributed by atoms with Crippen molar-refractivity contribution >= 4 is 5.91 Å². The highest BCUT2D eigenvalue weighted by Crippen LogP contribution is 2.27. The van der Waals surface area contributed by atoms with E-state index < -0.39 is 0 Å². The van der Waals surface area contributed by atoms with Crippen molar-refractivity contribution in [1.29, 1.82) is 0 Å². The standard InChI is InChI=1S/C14H19NO2/c1-5-8-15-14(16)11-6-7-13(17-4)12(9-11)10(2)3/h5-7,9-10H,1,8H2,2-4H3,(H,15,16). The highest BCUT2D eigenvalue weighted by Gasteiger charge is 2.11. The topological polar surface area (TPSA) is 38.3 Å². The van der Waals surface area contributed by atoms with Gasteiger partial charge >= 0.3 is 0 Å². The first-order chi connectivity index (χ1) is 8.10. The molecule has 0 aromatic heterocycles. The summed E-state index contributed by atoms with van der Waals surface area (Å²) in [6, 6.07) is 5.48. The summed E-state index contributed by atoms with van der Waals surface area (Å²) in [5.41, 5.74) is 1.69. The van der Waals surface area contributed by atoms with Crippen molar-refractivity contribution in [2.75, 3.05) is 13.7 Å². The number of carbonyl (C=O) groups excluding carboxylic acids is 1. The number of hydrogen-bond acceptors (Lipinski definition) is 2. The molecule has 0 aliphatic heterocycles. The molecule has 3 heteroatoms. The van der Waals surface area contributed by atoms with Crippen LogP contribution in [0.15, 0.2) is 30.9 Å². The lowest BCUT2D eigenvalue weighted by Crippen LogP contribution is -2.23. The van der Waals surface area contributed by atoms with Crippen LogP contribution in [0.2, 0.25) is 0 Å². The van der Waals surface area contributed by atoms with Crippen LogP contribution in [0.1, 0.15) is 35.7 Å². The summed E-state index contributed by atoms with van der Waals surface area (Å²) in [7, 11) is 1.64. The van der Waals surface area contributed by atoms with Gasteiger partial charge in [0.1, 0.15) is 5.75 Å². The van der Waals surface area contributed by atoms with Gasteiger partial charge in [0.05, 0.1) is 7.11 Å². The zero-order valence-corrected chi connectivity index (χ0v) is 10.6. The number of amides is 1. The van der Waals surface area contributed by atoms with Crippen molar-refractivity contribution in [1.82, 2.24) is 5.32 Å². The Bertz CT molecular complexity index is 411. The Morgan fingerprint density at radius 1 is 1.53 bits per heavy atom. The molecule has 0 saturated carbocycles. The molecule has 0 heterocycles. The minimum Gasteiger partial charge on any atom is -0.496 e. The maximum absolute atomic E-state index is 11.8. The number of rotatable bonds is 5. The molecule has 0 fully saturated rings. The number of carbonyl (C=O) groups is 1. The molecule has 0 aliphatic carbocycles. The lowest BCUT2D eigenvalue weighted by atomic mass is 9.99. The van der Waals surface area contributed by atoms with Crippen LogP contribution in [0.3, 0.4) is 0 Å². The fourth-order valence-corrected chi connectivity index (χ4v) is 1.59. The number of nitrogens with one attached hydrogen (secondary N) is 1. The van der Waals surface area contributed by atoms with Crippen LogP contribution in [0.5, 0.6) is 5.75 Å². The lowest BCUT2D eigenvalue weighted by Gasteiger charge is -2.13. The monoisotopic (exact) mass is 233 g/mol. The van der Waals surface area contributed by atoms with Gasteiger partial charge in [-0.15, -0.1) is 6.58 Å². The van der Waals surface area contributed by atoms with Gasteiger partial charge in [-0.3, -0.25) is 4.79 Å². The Balaban J connectivity index is 2.99. The van der Waals surface area contributed by atoms with E-state index in [4.69, 9.17) is 4.74 Å².